The van der Waals surface area contributed by atoms with E-state index < -0.39 is 0 Å². The van der Waals surface area contributed by atoms with Gasteiger partial charge in [0, 0.05) is 5.69 Å². The maximum absolute atomic E-state index is 12.0. The topological polar surface area (TPSA) is 50.4 Å². The summed E-state index contributed by atoms with van der Waals surface area (Å²) in [7, 11) is 0. The van der Waals surface area contributed by atoms with Crippen LogP contribution in [0.2, 0.25) is 0 Å². The van der Waals surface area contributed by atoms with Crippen LogP contribution in [0.4, 0.5) is 11.4 Å². The van der Waals surface area contributed by atoms with E-state index in [2.05, 4.69) is 10.6 Å². The van der Waals surface area contributed by atoms with Crippen molar-refractivity contribution in [2.24, 2.45) is 0 Å². The van der Waals surface area contributed by atoms with E-state index in [9.17, 15) is 4.79 Å². The Morgan fingerprint density at radius 2 is 1.78 bits per heavy atom. The van der Waals surface area contributed by atoms with Gasteiger partial charge in [-0.05, 0) is 62.3 Å². The molecule has 0 fully saturated rings. The van der Waals surface area contributed by atoms with Crippen LogP contribution in [0.25, 0.3) is 0 Å². The van der Waals surface area contributed by atoms with Crippen LogP contribution in [0, 0.1) is 13.8 Å². The van der Waals surface area contributed by atoms with Crippen molar-refractivity contribution >= 4 is 34.7 Å². The van der Waals surface area contributed by atoms with Crippen molar-refractivity contribution in [3.8, 4) is 0 Å². The predicted molar refractivity (Wildman–Crippen MR) is 98.2 cm³/mol. The maximum Gasteiger partial charge on any atom is 0.340 e. The number of carbonyl (C=O) groups is 1. The van der Waals surface area contributed by atoms with Gasteiger partial charge in [-0.1, -0.05) is 24.3 Å². The molecule has 120 valence electrons. The van der Waals surface area contributed by atoms with Gasteiger partial charge in [-0.15, -0.1) is 0 Å². The molecular formula is C18H20N2O2S. The average molecular weight is 328 g/mol. The molecule has 0 atom stereocenters. The lowest BCUT2D eigenvalue weighted by molar-refractivity contribution is 0.0527. The molecule has 0 saturated heterocycles. The van der Waals surface area contributed by atoms with Gasteiger partial charge in [0.1, 0.15) is 0 Å². The monoisotopic (exact) mass is 328 g/mol. The van der Waals surface area contributed by atoms with Crippen LogP contribution in [0.15, 0.2) is 42.5 Å². The fraction of sp³-hybridized carbons (Fsp3) is 0.222. The number of nitrogens with one attached hydrogen (secondary N) is 2. The van der Waals surface area contributed by atoms with Crippen molar-refractivity contribution < 1.29 is 9.53 Å². The van der Waals surface area contributed by atoms with Crippen LogP contribution in [-0.2, 0) is 4.74 Å². The van der Waals surface area contributed by atoms with Crippen molar-refractivity contribution in [2.45, 2.75) is 20.8 Å². The third-order valence-electron chi connectivity index (χ3n) is 3.31. The maximum atomic E-state index is 12.0. The van der Waals surface area contributed by atoms with Crippen molar-refractivity contribution in [2.75, 3.05) is 17.2 Å². The van der Waals surface area contributed by atoms with E-state index in [1.807, 2.05) is 38.1 Å². The SMILES string of the molecule is CCOC(=O)c1ccccc1NC(=S)Nc1cc(C)ccc1C. The number of benzene rings is 2. The van der Waals surface area contributed by atoms with Gasteiger partial charge in [-0.2, -0.15) is 0 Å². The van der Waals surface area contributed by atoms with Crippen LogP contribution in [-0.4, -0.2) is 17.7 Å². The fourth-order valence-electron chi connectivity index (χ4n) is 2.13. The number of thiocarbonyl (C=S) groups is 1. The van der Waals surface area contributed by atoms with Crippen LogP contribution >= 0.6 is 12.2 Å². The summed E-state index contributed by atoms with van der Waals surface area (Å²) in [4.78, 5) is 12.0. The summed E-state index contributed by atoms with van der Waals surface area (Å²) in [5, 5.41) is 6.66. The molecule has 0 saturated carbocycles. The highest BCUT2D eigenvalue weighted by atomic mass is 32.1. The van der Waals surface area contributed by atoms with Crippen molar-refractivity contribution in [1.29, 1.82) is 0 Å². The number of esters is 1. The molecule has 0 spiro atoms. The Kier molecular flexibility index (Phi) is 5.71. The number of hydrogen-bond donors (Lipinski definition) is 2. The second-order valence-electron chi connectivity index (χ2n) is 5.16. The lowest BCUT2D eigenvalue weighted by Crippen LogP contribution is -2.21. The second-order valence-corrected chi connectivity index (χ2v) is 5.57. The van der Waals surface area contributed by atoms with Gasteiger partial charge in [0.05, 0.1) is 17.9 Å². The first-order valence-corrected chi connectivity index (χ1v) is 7.83. The molecule has 0 radical (unpaired) electrons. The Balaban J connectivity index is 2.14. The quantitative estimate of drug-likeness (QED) is 0.648. The van der Waals surface area contributed by atoms with Crippen LogP contribution < -0.4 is 10.6 Å². The van der Waals surface area contributed by atoms with E-state index in [0.29, 0.717) is 23.0 Å². The highest BCUT2D eigenvalue weighted by Gasteiger charge is 2.13. The van der Waals surface area contributed by atoms with Crippen molar-refractivity contribution in [3.05, 3.63) is 59.2 Å². The number of aryl methyl sites for hydroxylation is 2. The molecule has 2 aromatic carbocycles. The molecule has 5 heteroatoms. The number of rotatable bonds is 4. The minimum atomic E-state index is -0.370. The molecule has 23 heavy (non-hydrogen) atoms. The van der Waals surface area contributed by atoms with Crippen molar-refractivity contribution in [1.82, 2.24) is 0 Å². The van der Waals surface area contributed by atoms with Gasteiger partial charge in [-0.3, -0.25) is 0 Å². The Bertz CT molecular complexity index is 729. The minimum Gasteiger partial charge on any atom is -0.462 e. The van der Waals surface area contributed by atoms with Gasteiger partial charge in [-0.25, -0.2) is 4.79 Å². The lowest BCUT2D eigenvalue weighted by Gasteiger charge is -2.15. The smallest absolute Gasteiger partial charge is 0.340 e. The van der Waals surface area contributed by atoms with Crippen LogP contribution in [0.1, 0.15) is 28.4 Å². The summed E-state index contributed by atoms with van der Waals surface area (Å²) < 4.78 is 5.06. The molecule has 0 amide bonds. The first-order valence-electron chi connectivity index (χ1n) is 7.42. The Morgan fingerprint density at radius 3 is 2.52 bits per heavy atom. The third kappa shape index (κ3) is 4.53. The highest BCUT2D eigenvalue weighted by molar-refractivity contribution is 7.80. The van der Waals surface area contributed by atoms with E-state index in [1.165, 1.54) is 0 Å². The first kappa shape index (κ1) is 17.0. The number of para-hydroxylation sites is 1. The summed E-state index contributed by atoms with van der Waals surface area (Å²) in [6.07, 6.45) is 0. The minimum absolute atomic E-state index is 0.332. The molecular weight excluding hydrogens is 308 g/mol. The summed E-state index contributed by atoms with van der Waals surface area (Å²) in [5.74, 6) is -0.370. The number of carbonyl (C=O) groups excluding carboxylic acids is 1. The Hall–Kier alpha value is -2.40. The summed E-state index contributed by atoms with van der Waals surface area (Å²) in [6.45, 7) is 6.15. The van der Waals surface area contributed by atoms with Crippen LogP contribution in [0.3, 0.4) is 0 Å². The molecule has 2 aromatic rings. The van der Waals surface area contributed by atoms with E-state index in [1.54, 1.807) is 25.1 Å². The Labute approximate surface area is 141 Å². The molecule has 0 unspecified atom stereocenters. The molecule has 2 N–H and O–H groups in total. The van der Waals surface area contributed by atoms with E-state index in [0.717, 1.165) is 16.8 Å². The molecule has 4 nitrogen and oxygen atoms in total. The number of anilines is 2. The standard InChI is InChI=1S/C18H20N2O2S/c1-4-22-17(21)14-7-5-6-8-15(14)19-18(23)20-16-11-12(2)9-10-13(16)3/h5-11H,4H2,1-3H3,(H2,19,20,23). The average Bonchev–Trinajstić information content (AvgIpc) is 2.51. The van der Waals surface area contributed by atoms with Gasteiger partial charge >= 0.3 is 5.97 Å². The molecule has 0 aliphatic rings. The molecule has 0 aliphatic heterocycles. The molecule has 0 aromatic heterocycles. The first-order chi connectivity index (χ1) is 11.0. The molecule has 0 aliphatic carbocycles. The largest absolute Gasteiger partial charge is 0.462 e. The number of hydrogen-bond acceptors (Lipinski definition) is 3. The molecule has 0 heterocycles. The third-order valence-corrected chi connectivity index (χ3v) is 3.52. The summed E-state index contributed by atoms with van der Waals surface area (Å²) in [5.41, 5.74) is 4.26. The van der Waals surface area contributed by atoms with Gasteiger partial charge < -0.3 is 15.4 Å². The second kappa shape index (κ2) is 7.74. The van der Waals surface area contributed by atoms with E-state index in [4.69, 9.17) is 17.0 Å². The fourth-order valence-corrected chi connectivity index (χ4v) is 2.35. The van der Waals surface area contributed by atoms with Crippen molar-refractivity contribution in [3.63, 3.8) is 0 Å². The van der Waals surface area contributed by atoms with Crippen LogP contribution in [0.5, 0.6) is 0 Å². The van der Waals surface area contributed by atoms with Gasteiger partial charge in [0.15, 0.2) is 5.11 Å². The zero-order valence-electron chi connectivity index (χ0n) is 13.5. The lowest BCUT2D eigenvalue weighted by atomic mass is 10.1. The Morgan fingerprint density at radius 1 is 1.09 bits per heavy atom. The number of ether oxygens (including phenoxy) is 1. The zero-order chi connectivity index (χ0) is 16.8. The summed E-state index contributed by atoms with van der Waals surface area (Å²) in [6, 6.07) is 13.2. The van der Waals surface area contributed by atoms with Gasteiger partial charge in [0.2, 0.25) is 0 Å². The van der Waals surface area contributed by atoms with E-state index >= 15 is 0 Å². The predicted octanol–water partition coefficient (Wildman–Crippen LogP) is 4.29. The van der Waals surface area contributed by atoms with E-state index in [-0.39, 0.29) is 5.97 Å². The molecule has 2 rings (SSSR count). The highest BCUT2D eigenvalue weighted by Crippen LogP contribution is 2.19. The van der Waals surface area contributed by atoms with Gasteiger partial charge in [0.25, 0.3) is 0 Å². The normalized spacial score (nSPS) is 10.0. The summed E-state index contributed by atoms with van der Waals surface area (Å²) >= 11 is 5.36. The molecule has 0 bridgehead atoms. The zero-order valence-corrected chi connectivity index (χ0v) is 14.3.